The molecule has 0 spiro atoms. The van der Waals surface area contributed by atoms with Crippen molar-refractivity contribution in [2.45, 2.75) is 58.0 Å². The SMILES string of the molecule is Cc1cccc(C2(C(=O)N[C@H](C)c3nc4ccccc4n3C(C)C)CCOCC2)c1. The smallest absolute Gasteiger partial charge is 0.231 e. The van der Waals surface area contributed by atoms with Gasteiger partial charge in [-0.05, 0) is 58.2 Å². The van der Waals surface area contributed by atoms with Gasteiger partial charge in [0.15, 0.2) is 0 Å². The van der Waals surface area contributed by atoms with E-state index in [1.54, 1.807) is 0 Å². The second kappa shape index (κ2) is 8.23. The fourth-order valence-electron chi connectivity index (χ4n) is 4.62. The zero-order valence-electron chi connectivity index (χ0n) is 18.3. The zero-order valence-corrected chi connectivity index (χ0v) is 18.3. The predicted octanol–water partition coefficient (Wildman–Crippen LogP) is 4.85. The molecule has 5 heteroatoms. The summed E-state index contributed by atoms with van der Waals surface area (Å²) in [5.41, 5.74) is 3.74. The molecule has 2 aromatic carbocycles. The van der Waals surface area contributed by atoms with Crippen LogP contribution in [0.2, 0.25) is 0 Å². The largest absolute Gasteiger partial charge is 0.381 e. The second-order valence-corrected chi connectivity index (χ2v) is 8.68. The molecule has 3 aromatic rings. The molecule has 0 radical (unpaired) electrons. The molecule has 30 heavy (non-hydrogen) atoms. The number of imidazole rings is 1. The Morgan fingerprint density at radius 1 is 1.10 bits per heavy atom. The van der Waals surface area contributed by atoms with Crippen molar-refractivity contribution in [1.82, 2.24) is 14.9 Å². The lowest BCUT2D eigenvalue weighted by Gasteiger charge is -2.37. The number of nitrogens with one attached hydrogen (secondary N) is 1. The number of aryl methyl sites for hydroxylation is 1. The van der Waals surface area contributed by atoms with Crippen LogP contribution in [0.4, 0.5) is 0 Å². The third kappa shape index (κ3) is 3.63. The molecule has 0 aliphatic carbocycles. The number of hydrogen-bond donors (Lipinski definition) is 1. The average Bonchev–Trinajstić information content (AvgIpc) is 3.14. The summed E-state index contributed by atoms with van der Waals surface area (Å²) in [6, 6.07) is 16.5. The van der Waals surface area contributed by atoms with Gasteiger partial charge in [-0.1, -0.05) is 42.0 Å². The van der Waals surface area contributed by atoms with Crippen LogP contribution in [0.25, 0.3) is 11.0 Å². The maximum Gasteiger partial charge on any atom is 0.231 e. The van der Waals surface area contributed by atoms with Crippen LogP contribution in [0.15, 0.2) is 48.5 Å². The van der Waals surface area contributed by atoms with Crippen LogP contribution in [0, 0.1) is 6.92 Å². The minimum absolute atomic E-state index is 0.0614. The molecule has 1 aliphatic heterocycles. The van der Waals surface area contributed by atoms with Gasteiger partial charge >= 0.3 is 0 Å². The molecule has 1 aromatic heterocycles. The van der Waals surface area contributed by atoms with Crippen LogP contribution >= 0.6 is 0 Å². The van der Waals surface area contributed by atoms with E-state index in [2.05, 4.69) is 54.9 Å². The van der Waals surface area contributed by atoms with Gasteiger partial charge in [0.25, 0.3) is 0 Å². The molecule has 158 valence electrons. The van der Waals surface area contributed by atoms with Gasteiger partial charge in [0.2, 0.25) is 5.91 Å². The van der Waals surface area contributed by atoms with Crippen LogP contribution in [0.3, 0.4) is 0 Å². The highest BCUT2D eigenvalue weighted by atomic mass is 16.5. The topological polar surface area (TPSA) is 56.2 Å². The van der Waals surface area contributed by atoms with Crippen LogP contribution < -0.4 is 5.32 Å². The summed E-state index contributed by atoms with van der Waals surface area (Å²) in [5.74, 6) is 0.956. The minimum Gasteiger partial charge on any atom is -0.381 e. The number of amides is 1. The lowest BCUT2D eigenvalue weighted by molar-refractivity contribution is -0.131. The predicted molar refractivity (Wildman–Crippen MR) is 120 cm³/mol. The Bertz CT molecular complexity index is 1050. The van der Waals surface area contributed by atoms with Gasteiger partial charge in [-0.3, -0.25) is 4.79 Å². The number of nitrogens with zero attached hydrogens (tertiary/aromatic N) is 2. The molecule has 1 N–H and O–H groups in total. The Morgan fingerprint density at radius 3 is 2.53 bits per heavy atom. The standard InChI is InChI=1S/C25H31N3O2/c1-17(2)28-22-11-6-5-10-21(22)27-23(28)19(4)26-24(29)25(12-14-30-15-13-25)20-9-7-8-18(3)16-20/h5-11,16-17,19H,12-15H2,1-4H3,(H,26,29)/t19-/m1/s1. The second-order valence-electron chi connectivity index (χ2n) is 8.68. The van der Waals surface area contributed by atoms with E-state index in [0.29, 0.717) is 26.1 Å². The first-order chi connectivity index (χ1) is 14.4. The lowest BCUT2D eigenvalue weighted by atomic mass is 9.73. The normalized spacial score (nSPS) is 17.2. The number of benzene rings is 2. The minimum atomic E-state index is -0.562. The van der Waals surface area contributed by atoms with Gasteiger partial charge in [-0.15, -0.1) is 0 Å². The molecular weight excluding hydrogens is 374 g/mol. The summed E-state index contributed by atoms with van der Waals surface area (Å²) < 4.78 is 7.84. The molecule has 1 saturated heterocycles. The number of hydrogen-bond acceptors (Lipinski definition) is 3. The van der Waals surface area contributed by atoms with Crippen molar-refractivity contribution >= 4 is 16.9 Å². The maximum atomic E-state index is 13.7. The first kappa shape index (κ1) is 20.6. The van der Waals surface area contributed by atoms with Gasteiger partial charge in [-0.25, -0.2) is 4.98 Å². The van der Waals surface area contributed by atoms with Crippen LogP contribution in [-0.4, -0.2) is 28.7 Å². The Balaban J connectivity index is 1.68. The lowest BCUT2D eigenvalue weighted by Crippen LogP contribution is -2.49. The van der Waals surface area contributed by atoms with E-state index >= 15 is 0 Å². The highest BCUT2D eigenvalue weighted by Crippen LogP contribution is 2.36. The third-order valence-corrected chi connectivity index (χ3v) is 6.23. The van der Waals surface area contributed by atoms with E-state index in [-0.39, 0.29) is 18.0 Å². The van der Waals surface area contributed by atoms with Gasteiger partial charge in [0.1, 0.15) is 5.82 Å². The molecule has 4 rings (SSSR count). The summed E-state index contributed by atoms with van der Waals surface area (Å²) in [5, 5.41) is 3.30. The molecule has 1 fully saturated rings. The van der Waals surface area contributed by atoms with Crippen molar-refractivity contribution in [2.75, 3.05) is 13.2 Å². The highest BCUT2D eigenvalue weighted by Gasteiger charge is 2.42. The number of aromatic nitrogens is 2. The number of ether oxygens (including phenoxy) is 1. The molecular formula is C25H31N3O2. The van der Waals surface area contributed by atoms with Crippen molar-refractivity contribution in [3.8, 4) is 0 Å². The van der Waals surface area contributed by atoms with E-state index < -0.39 is 5.41 Å². The molecule has 0 saturated carbocycles. The molecule has 1 aliphatic rings. The van der Waals surface area contributed by atoms with E-state index in [0.717, 1.165) is 22.4 Å². The van der Waals surface area contributed by atoms with Crippen LogP contribution in [0.5, 0.6) is 0 Å². The monoisotopic (exact) mass is 405 g/mol. The van der Waals surface area contributed by atoms with Crippen molar-refractivity contribution in [3.05, 3.63) is 65.5 Å². The van der Waals surface area contributed by atoms with Gasteiger partial charge in [-0.2, -0.15) is 0 Å². The Labute approximate surface area is 178 Å². The highest BCUT2D eigenvalue weighted by molar-refractivity contribution is 5.89. The Morgan fingerprint density at radius 2 is 1.83 bits per heavy atom. The molecule has 5 nitrogen and oxygen atoms in total. The summed E-state index contributed by atoms with van der Waals surface area (Å²) in [6.07, 6.45) is 1.38. The van der Waals surface area contributed by atoms with Crippen molar-refractivity contribution in [3.63, 3.8) is 0 Å². The molecule has 2 heterocycles. The quantitative estimate of drug-likeness (QED) is 0.660. The van der Waals surface area contributed by atoms with Crippen molar-refractivity contribution in [2.24, 2.45) is 0 Å². The van der Waals surface area contributed by atoms with Gasteiger partial charge in [0.05, 0.1) is 22.5 Å². The number of para-hydroxylation sites is 2. The molecule has 0 bridgehead atoms. The number of carbonyl (C=O) groups is 1. The third-order valence-electron chi connectivity index (χ3n) is 6.23. The van der Waals surface area contributed by atoms with E-state index in [1.807, 2.05) is 31.2 Å². The maximum absolute atomic E-state index is 13.7. The van der Waals surface area contributed by atoms with Crippen LogP contribution in [0.1, 0.15) is 62.6 Å². The van der Waals surface area contributed by atoms with Gasteiger partial charge < -0.3 is 14.6 Å². The van der Waals surface area contributed by atoms with E-state index in [4.69, 9.17) is 9.72 Å². The first-order valence-electron chi connectivity index (χ1n) is 10.8. The summed E-state index contributed by atoms with van der Waals surface area (Å²) >= 11 is 0. The molecule has 1 atom stereocenters. The zero-order chi connectivity index (χ0) is 21.3. The number of carbonyl (C=O) groups excluding carboxylic acids is 1. The average molecular weight is 406 g/mol. The first-order valence-corrected chi connectivity index (χ1v) is 10.8. The Hall–Kier alpha value is -2.66. The van der Waals surface area contributed by atoms with Crippen molar-refractivity contribution in [1.29, 1.82) is 0 Å². The molecule has 1 amide bonds. The fraction of sp³-hybridized carbons (Fsp3) is 0.440. The number of fused-ring (bicyclic) bond motifs is 1. The molecule has 0 unspecified atom stereocenters. The van der Waals surface area contributed by atoms with E-state index in [1.165, 1.54) is 5.56 Å². The Kier molecular flexibility index (Phi) is 5.65. The van der Waals surface area contributed by atoms with Gasteiger partial charge in [0, 0.05) is 19.3 Å². The summed E-state index contributed by atoms with van der Waals surface area (Å²) in [6.45, 7) is 9.60. The van der Waals surface area contributed by atoms with Crippen molar-refractivity contribution < 1.29 is 9.53 Å². The summed E-state index contributed by atoms with van der Waals surface area (Å²) in [7, 11) is 0. The van der Waals surface area contributed by atoms with Crippen LogP contribution in [-0.2, 0) is 14.9 Å². The van der Waals surface area contributed by atoms with E-state index in [9.17, 15) is 4.79 Å². The fourth-order valence-corrected chi connectivity index (χ4v) is 4.62. The summed E-state index contributed by atoms with van der Waals surface area (Å²) in [4.78, 5) is 18.6. The number of rotatable bonds is 5.